The van der Waals surface area contributed by atoms with Crippen molar-refractivity contribution in [3.63, 3.8) is 0 Å². The van der Waals surface area contributed by atoms with E-state index in [0.29, 0.717) is 0 Å². The van der Waals surface area contributed by atoms with Crippen molar-refractivity contribution in [3.05, 3.63) is 35.2 Å². The number of hydrogen-bond acceptors (Lipinski definition) is 6. The molecule has 0 radical (unpaired) electrons. The van der Waals surface area contributed by atoms with Crippen molar-refractivity contribution in [2.75, 3.05) is 19.4 Å². The highest BCUT2D eigenvalue weighted by Gasteiger charge is 2.48. The summed E-state index contributed by atoms with van der Waals surface area (Å²) in [6, 6.07) is 4.54. The molecule has 0 saturated carbocycles. The van der Waals surface area contributed by atoms with E-state index in [4.69, 9.17) is 5.73 Å². The van der Waals surface area contributed by atoms with Crippen LogP contribution in [0.4, 0.5) is 5.69 Å². The molecular formula is C14H17N3O4. The van der Waals surface area contributed by atoms with Crippen molar-refractivity contribution < 1.29 is 19.8 Å². The molecule has 1 unspecified atom stereocenters. The van der Waals surface area contributed by atoms with E-state index >= 15 is 0 Å². The number of phenolic OH excluding ortho intramolecular Hbond substituents is 1. The highest BCUT2D eigenvalue weighted by atomic mass is 16.3. The molecule has 0 spiro atoms. The first-order valence-corrected chi connectivity index (χ1v) is 6.26. The van der Waals surface area contributed by atoms with Gasteiger partial charge in [0.05, 0.1) is 16.9 Å². The molecule has 2 rings (SSSR count). The fourth-order valence-electron chi connectivity index (χ4n) is 1.99. The minimum atomic E-state index is -1.69. The molecule has 112 valence electrons. The Bertz CT molecular complexity index is 662. The average Bonchev–Trinajstić information content (AvgIpc) is 2.44. The molecule has 1 aromatic rings. The van der Waals surface area contributed by atoms with Gasteiger partial charge in [0.2, 0.25) is 5.78 Å². The lowest BCUT2D eigenvalue weighted by molar-refractivity contribution is -0.132. The third kappa shape index (κ3) is 2.21. The van der Waals surface area contributed by atoms with Gasteiger partial charge in [-0.3, -0.25) is 9.59 Å². The number of ketones is 1. The van der Waals surface area contributed by atoms with E-state index in [1.165, 1.54) is 24.0 Å². The monoisotopic (exact) mass is 291 g/mol. The zero-order valence-electron chi connectivity index (χ0n) is 12.0. The topological polar surface area (TPSA) is 116 Å². The molecular weight excluding hydrogens is 274 g/mol. The molecule has 1 amide bonds. The summed E-state index contributed by atoms with van der Waals surface area (Å²) in [5.74, 6) is -1.22. The Balaban J connectivity index is 2.36. The lowest BCUT2D eigenvalue weighted by Crippen LogP contribution is -2.53. The molecule has 0 aliphatic heterocycles. The number of phenols is 1. The SMILES string of the molecule is CN(C)C(=O)c1cccc(NC2=C(N)C(C)(O)C2=O)c1O. The number of amides is 1. The molecule has 21 heavy (non-hydrogen) atoms. The zero-order chi connectivity index (χ0) is 15.9. The fourth-order valence-corrected chi connectivity index (χ4v) is 1.99. The molecule has 7 nitrogen and oxygen atoms in total. The first-order chi connectivity index (χ1) is 9.67. The Kier molecular flexibility index (Phi) is 3.38. The van der Waals surface area contributed by atoms with Gasteiger partial charge in [0.1, 0.15) is 5.70 Å². The van der Waals surface area contributed by atoms with Crippen molar-refractivity contribution in [2.45, 2.75) is 12.5 Å². The quantitative estimate of drug-likeness (QED) is 0.583. The van der Waals surface area contributed by atoms with Crippen LogP contribution in [0.3, 0.4) is 0 Å². The third-order valence-corrected chi connectivity index (χ3v) is 3.40. The Labute approximate surface area is 121 Å². The van der Waals surface area contributed by atoms with E-state index in [1.807, 2.05) is 0 Å². The number of aromatic hydroxyl groups is 1. The molecule has 0 saturated heterocycles. The van der Waals surface area contributed by atoms with Crippen molar-refractivity contribution in [2.24, 2.45) is 5.73 Å². The Morgan fingerprint density at radius 2 is 2.00 bits per heavy atom. The predicted molar refractivity (Wildman–Crippen MR) is 76.6 cm³/mol. The molecule has 1 aliphatic rings. The number of rotatable bonds is 3. The Morgan fingerprint density at radius 1 is 1.38 bits per heavy atom. The van der Waals surface area contributed by atoms with Gasteiger partial charge in [0.15, 0.2) is 11.4 Å². The zero-order valence-corrected chi connectivity index (χ0v) is 12.0. The van der Waals surface area contributed by atoms with Crippen molar-refractivity contribution in [1.29, 1.82) is 0 Å². The first kappa shape index (κ1) is 14.9. The van der Waals surface area contributed by atoms with E-state index in [2.05, 4.69) is 5.32 Å². The third-order valence-electron chi connectivity index (χ3n) is 3.40. The number of nitrogens with one attached hydrogen (secondary N) is 1. The number of nitrogens with zero attached hydrogens (tertiary/aromatic N) is 1. The summed E-state index contributed by atoms with van der Waals surface area (Å²) in [5.41, 5.74) is 4.22. The van der Waals surface area contributed by atoms with Gasteiger partial charge < -0.3 is 26.2 Å². The summed E-state index contributed by atoms with van der Waals surface area (Å²) in [5, 5.41) is 22.5. The summed E-state index contributed by atoms with van der Waals surface area (Å²) >= 11 is 0. The number of hydrogen-bond donors (Lipinski definition) is 4. The maximum atomic E-state index is 11.9. The fraction of sp³-hybridized carbons (Fsp3) is 0.286. The van der Waals surface area contributed by atoms with E-state index in [1.54, 1.807) is 20.2 Å². The number of anilines is 1. The number of Topliss-reactive ketones (excluding diaryl/α,β-unsaturated/α-hetero) is 1. The van der Waals surface area contributed by atoms with Crippen LogP contribution in [-0.2, 0) is 4.79 Å². The Morgan fingerprint density at radius 3 is 2.52 bits per heavy atom. The maximum Gasteiger partial charge on any atom is 0.257 e. The van der Waals surface area contributed by atoms with Gasteiger partial charge in [0.25, 0.3) is 5.91 Å². The standard InChI is InChI=1S/C14H17N3O4/c1-14(21)11(15)9(12(14)19)16-8-6-4-5-7(10(8)18)13(20)17(2)3/h4-6,16,18,21H,15H2,1-3H3. The highest BCUT2D eigenvalue weighted by molar-refractivity contribution is 6.13. The van der Waals surface area contributed by atoms with Crippen molar-refractivity contribution >= 4 is 17.4 Å². The van der Waals surface area contributed by atoms with Crippen LogP contribution in [-0.4, -0.2) is 46.5 Å². The van der Waals surface area contributed by atoms with Crippen LogP contribution in [0.25, 0.3) is 0 Å². The molecule has 1 aliphatic carbocycles. The van der Waals surface area contributed by atoms with Gasteiger partial charge in [-0.1, -0.05) is 6.07 Å². The van der Waals surface area contributed by atoms with Gasteiger partial charge in [-0.15, -0.1) is 0 Å². The number of benzene rings is 1. The van der Waals surface area contributed by atoms with Crippen LogP contribution in [0.5, 0.6) is 5.75 Å². The Hall–Kier alpha value is -2.54. The minimum Gasteiger partial charge on any atom is -0.505 e. The van der Waals surface area contributed by atoms with Crippen LogP contribution in [0.1, 0.15) is 17.3 Å². The van der Waals surface area contributed by atoms with Gasteiger partial charge in [-0.25, -0.2) is 0 Å². The number of carbonyl (C=O) groups excluding carboxylic acids is 2. The van der Waals surface area contributed by atoms with E-state index in [-0.39, 0.29) is 34.3 Å². The summed E-state index contributed by atoms with van der Waals surface area (Å²) in [7, 11) is 3.13. The van der Waals surface area contributed by atoms with E-state index in [9.17, 15) is 19.8 Å². The largest absolute Gasteiger partial charge is 0.505 e. The van der Waals surface area contributed by atoms with Crippen LogP contribution in [0, 0.1) is 0 Å². The maximum absolute atomic E-state index is 11.9. The molecule has 1 atom stereocenters. The number of aliphatic hydroxyl groups is 1. The molecule has 7 heteroatoms. The molecule has 0 heterocycles. The van der Waals surface area contributed by atoms with E-state index in [0.717, 1.165) is 0 Å². The van der Waals surface area contributed by atoms with Crippen LogP contribution >= 0.6 is 0 Å². The summed E-state index contributed by atoms with van der Waals surface area (Å²) in [4.78, 5) is 25.0. The van der Waals surface area contributed by atoms with Gasteiger partial charge >= 0.3 is 0 Å². The molecule has 0 fully saturated rings. The minimum absolute atomic E-state index is 0.00348. The summed E-state index contributed by atoms with van der Waals surface area (Å²) in [6.45, 7) is 1.29. The van der Waals surface area contributed by atoms with Crippen LogP contribution in [0.2, 0.25) is 0 Å². The molecule has 5 N–H and O–H groups in total. The lowest BCUT2D eigenvalue weighted by atomic mass is 9.82. The second-order valence-corrected chi connectivity index (χ2v) is 5.22. The predicted octanol–water partition coefficient (Wildman–Crippen LogP) is 0.00990. The van der Waals surface area contributed by atoms with Gasteiger partial charge in [-0.2, -0.15) is 0 Å². The summed E-state index contributed by atoms with van der Waals surface area (Å²) < 4.78 is 0. The van der Waals surface area contributed by atoms with E-state index < -0.39 is 11.4 Å². The van der Waals surface area contributed by atoms with Gasteiger partial charge in [0, 0.05) is 14.1 Å². The lowest BCUT2D eigenvalue weighted by Gasteiger charge is -2.34. The summed E-state index contributed by atoms with van der Waals surface area (Å²) in [6.07, 6.45) is 0. The smallest absolute Gasteiger partial charge is 0.257 e. The number of nitrogens with two attached hydrogens (primary N) is 1. The molecule has 0 aromatic heterocycles. The van der Waals surface area contributed by atoms with Crippen molar-refractivity contribution in [1.82, 2.24) is 4.90 Å². The van der Waals surface area contributed by atoms with Gasteiger partial charge in [-0.05, 0) is 19.1 Å². The molecule has 0 bridgehead atoms. The second kappa shape index (κ2) is 4.78. The van der Waals surface area contributed by atoms with Crippen LogP contribution in [0.15, 0.2) is 29.6 Å². The second-order valence-electron chi connectivity index (χ2n) is 5.22. The molecule has 1 aromatic carbocycles. The first-order valence-electron chi connectivity index (χ1n) is 6.26. The normalized spacial score (nSPS) is 21.0. The number of para-hydroxylation sites is 1. The average molecular weight is 291 g/mol. The van der Waals surface area contributed by atoms with Crippen molar-refractivity contribution in [3.8, 4) is 5.75 Å². The number of carbonyl (C=O) groups is 2. The highest BCUT2D eigenvalue weighted by Crippen LogP contribution is 2.35. The van der Waals surface area contributed by atoms with Crippen LogP contribution < -0.4 is 11.1 Å².